The van der Waals surface area contributed by atoms with Gasteiger partial charge in [-0.05, 0) is 0 Å². The lowest BCUT2D eigenvalue weighted by atomic mass is 10.5. The molecule has 13 heavy (non-hydrogen) atoms. The van der Waals surface area contributed by atoms with Crippen molar-refractivity contribution in [2.75, 3.05) is 26.3 Å². The monoisotopic (exact) mass is 182 g/mol. The van der Waals surface area contributed by atoms with Crippen LogP contribution in [0, 0.1) is 0 Å². The van der Waals surface area contributed by atoms with Crippen molar-refractivity contribution in [2.24, 2.45) is 0 Å². The highest BCUT2D eigenvalue weighted by molar-refractivity contribution is 4.85. The quantitative estimate of drug-likeness (QED) is 0.676. The van der Waals surface area contributed by atoms with Crippen LogP contribution in [-0.4, -0.2) is 41.3 Å². The Hall–Kier alpha value is -0.910. The molecule has 0 radical (unpaired) electrons. The Bertz CT molecular complexity index is 230. The van der Waals surface area contributed by atoms with E-state index >= 15 is 0 Å². The normalized spacial score (nSPS) is 19.1. The summed E-state index contributed by atoms with van der Waals surface area (Å²) in [4.78, 5) is 7.17. The van der Waals surface area contributed by atoms with Gasteiger partial charge in [0.2, 0.25) is 0 Å². The van der Waals surface area contributed by atoms with Crippen LogP contribution in [0.15, 0.2) is 12.4 Å². The zero-order valence-electron chi connectivity index (χ0n) is 7.49. The Morgan fingerprint density at radius 2 is 2.38 bits per heavy atom. The first kappa shape index (κ1) is 8.68. The molecule has 0 saturated carbocycles. The van der Waals surface area contributed by atoms with Gasteiger partial charge in [0.05, 0.1) is 19.8 Å². The van der Waals surface area contributed by atoms with Gasteiger partial charge < -0.3 is 9.72 Å². The van der Waals surface area contributed by atoms with E-state index in [1.165, 1.54) is 0 Å². The molecule has 1 fully saturated rings. The number of hydrogen-bond acceptors (Lipinski definition) is 4. The molecule has 1 saturated heterocycles. The van der Waals surface area contributed by atoms with Crippen LogP contribution >= 0.6 is 0 Å². The zero-order valence-corrected chi connectivity index (χ0v) is 7.49. The number of rotatable bonds is 3. The lowest BCUT2D eigenvalue weighted by molar-refractivity contribution is 0.0101. The number of aromatic amines is 1. The second kappa shape index (κ2) is 4.36. The largest absolute Gasteiger partial charge is 0.379 e. The van der Waals surface area contributed by atoms with Crippen LogP contribution in [-0.2, 0) is 11.3 Å². The maximum Gasteiger partial charge on any atom is 0.121 e. The number of ether oxygens (including phenoxy) is 1. The van der Waals surface area contributed by atoms with Crippen LogP contribution in [0.4, 0.5) is 0 Å². The Balaban J connectivity index is 1.72. The highest BCUT2D eigenvalue weighted by Crippen LogP contribution is 1.94. The van der Waals surface area contributed by atoms with Gasteiger partial charge in [0.15, 0.2) is 0 Å². The first-order chi connectivity index (χ1) is 6.45. The summed E-state index contributed by atoms with van der Waals surface area (Å²) in [6, 6.07) is 0. The summed E-state index contributed by atoms with van der Waals surface area (Å²) >= 11 is 0. The molecular weight excluding hydrogens is 168 g/mol. The molecule has 72 valence electrons. The van der Waals surface area contributed by atoms with E-state index in [0.29, 0.717) is 0 Å². The number of nitrogens with zero attached hydrogens (tertiary/aromatic N) is 2. The fourth-order valence-corrected chi connectivity index (χ4v) is 1.30. The van der Waals surface area contributed by atoms with E-state index in [1.54, 1.807) is 6.20 Å². The molecule has 1 aliphatic heterocycles. The molecule has 2 N–H and O–H groups in total. The van der Waals surface area contributed by atoms with E-state index in [4.69, 9.17) is 4.74 Å². The van der Waals surface area contributed by atoms with Crippen molar-refractivity contribution in [3.05, 3.63) is 18.2 Å². The summed E-state index contributed by atoms with van der Waals surface area (Å²) in [5.74, 6) is 0.964. The molecule has 1 aromatic rings. The maximum atomic E-state index is 5.23. The Kier molecular flexibility index (Phi) is 2.91. The highest BCUT2D eigenvalue weighted by Gasteiger charge is 2.09. The van der Waals surface area contributed by atoms with Crippen LogP contribution < -0.4 is 5.43 Å². The minimum absolute atomic E-state index is 0.757. The molecule has 1 aliphatic rings. The van der Waals surface area contributed by atoms with Crippen molar-refractivity contribution in [2.45, 2.75) is 6.54 Å². The maximum absolute atomic E-state index is 5.23. The first-order valence-electron chi connectivity index (χ1n) is 4.49. The Morgan fingerprint density at radius 1 is 1.54 bits per heavy atom. The molecule has 5 nitrogen and oxygen atoms in total. The minimum Gasteiger partial charge on any atom is -0.379 e. The summed E-state index contributed by atoms with van der Waals surface area (Å²) in [5.41, 5.74) is 3.28. The third kappa shape index (κ3) is 2.51. The molecule has 0 bridgehead atoms. The van der Waals surface area contributed by atoms with Gasteiger partial charge in [0, 0.05) is 25.5 Å². The first-order valence-corrected chi connectivity index (χ1v) is 4.49. The second-order valence-electron chi connectivity index (χ2n) is 2.97. The minimum atomic E-state index is 0.757. The summed E-state index contributed by atoms with van der Waals surface area (Å²) < 4.78 is 5.23. The molecule has 0 aromatic carbocycles. The van der Waals surface area contributed by atoms with E-state index in [0.717, 1.165) is 38.7 Å². The summed E-state index contributed by atoms with van der Waals surface area (Å²) in [6.45, 7) is 4.27. The molecule has 0 atom stereocenters. The fraction of sp³-hybridized carbons (Fsp3) is 0.625. The molecular formula is C8H14N4O. The van der Waals surface area contributed by atoms with Crippen LogP contribution in [0.3, 0.4) is 0 Å². The number of hydrazine groups is 1. The standard InChI is InChI=1S/C8H14N4O/c1-2-10-8(9-1)7-11-12-3-5-13-6-4-12/h1-2,11H,3-7H2,(H,9,10). The third-order valence-electron chi connectivity index (χ3n) is 2.04. The van der Waals surface area contributed by atoms with E-state index in [-0.39, 0.29) is 0 Å². The number of morpholine rings is 1. The summed E-state index contributed by atoms with van der Waals surface area (Å²) in [7, 11) is 0. The topological polar surface area (TPSA) is 53.2 Å². The highest BCUT2D eigenvalue weighted by atomic mass is 16.5. The number of nitrogens with one attached hydrogen (secondary N) is 2. The lowest BCUT2D eigenvalue weighted by Gasteiger charge is -2.26. The van der Waals surface area contributed by atoms with Crippen molar-refractivity contribution in [1.29, 1.82) is 0 Å². The van der Waals surface area contributed by atoms with Crippen molar-refractivity contribution in [3.63, 3.8) is 0 Å². The van der Waals surface area contributed by atoms with Crippen LogP contribution in [0.25, 0.3) is 0 Å². The molecule has 0 amide bonds. The van der Waals surface area contributed by atoms with Crippen molar-refractivity contribution in [3.8, 4) is 0 Å². The zero-order chi connectivity index (χ0) is 8.93. The summed E-state index contributed by atoms with van der Waals surface area (Å²) in [6.07, 6.45) is 3.59. The van der Waals surface area contributed by atoms with Crippen LogP contribution in [0.1, 0.15) is 5.82 Å². The van der Waals surface area contributed by atoms with Gasteiger partial charge in [0.1, 0.15) is 5.82 Å². The van der Waals surface area contributed by atoms with Crippen molar-refractivity contribution < 1.29 is 4.74 Å². The Morgan fingerprint density at radius 3 is 3.08 bits per heavy atom. The number of H-pyrrole nitrogens is 1. The molecule has 2 heterocycles. The molecule has 5 heteroatoms. The molecule has 1 aromatic heterocycles. The molecule has 2 rings (SSSR count). The van der Waals surface area contributed by atoms with Gasteiger partial charge >= 0.3 is 0 Å². The van der Waals surface area contributed by atoms with E-state index in [1.807, 2.05) is 6.20 Å². The average Bonchev–Trinajstić information content (AvgIpc) is 2.69. The van der Waals surface area contributed by atoms with Gasteiger partial charge in [-0.25, -0.2) is 15.4 Å². The SMILES string of the molecule is c1c[nH]c(CNN2CCOCC2)n1. The predicted molar refractivity (Wildman–Crippen MR) is 47.8 cm³/mol. The smallest absolute Gasteiger partial charge is 0.121 e. The van der Waals surface area contributed by atoms with Crippen LogP contribution in [0.5, 0.6) is 0 Å². The molecule has 0 spiro atoms. The molecule has 0 aliphatic carbocycles. The van der Waals surface area contributed by atoms with Gasteiger partial charge in [-0.3, -0.25) is 0 Å². The van der Waals surface area contributed by atoms with Gasteiger partial charge in [-0.1, -0.05) is 0 Å². The predicted octanol–water partition coefficient (Wildman–Crippen LogP) is -0.254. The Labute approximate surface area is 77.1 Å². The van der Waals surface area contributed by atoms with E-state index < -0.39 is 0 Å². The third-order valence-corrected chi connectivity index (χ3v) is 2.04. The lowest BCUT2D eigenvalue weighted by Crippen LogP contribution is -2.45. The molecule has 0 unspecified atom stereocenters. The van der Waals surface area contributed by atoms with E-state index in [2.05, 4.69) is 20.4 Å². The summed E-state index contributed by atoms with van der Waals surface area (Å²) in [5, 5.41) is 2.16. The second-order valence-corrected chi connectivity index (χ2v) is 2.97. The van der Waals surface area contributed by atoms with Gasteiger partial charge in [0.25, 0.3) is 0 Å². The van der Waals surface area contributed by atoms with E-state index in [9.17, 15) is 0 Å². The van der Waals surface area contributed by atoms with Crippen molar-refractivity contribution in [1.82, 2.24) is 20.4 Å². The van der Waals surface area contributed by atoms with Gasteiger partial charge in [-0.2, -0.15) is 0 Å². The fourth-order valence-electron chi connectivity index (χ4n) is 1.30. The number of hydrogen-bond donors (Lipinski definition) is 2. The average molecular weight is 182 g/mol. The van der Waals surface area contributed by atoms with Crippen LogP contribution in [0.2, 0.25) is 0 Å². The number of imidazole rings is 1. The number of aromatic nitrogens is 2. The van der Waals surface area contributed by atoms with Gasteiger partial charge in [-0.15, -0.1) is 0 Å². The van der Waals surface area contributed by atoms with Crippen molar-refractivity contribution >= 4 is 0 Å².